The van der Waals surface area contributed by atoms with E-state index in [1.807, 2.05) is 0 Å². The number of hydrogen-bond donors (Lipinski definition) is 0. The molecule has 24 heavy (non-hydrogen) atoms. The summed E-state index contributed by atoms with van der Waals surface area (Å²) in [6.45, 7) is 2.49. The lowest BCUT2D eigenvalue weighted by Gasteiger charge is -2.33. The highest BCUT2D eigenvalue weighted by Gasteiger charge is 2.28. The Hall–Kier alpha value is -2.09. The summed E-state index contributed by atoms with van der Waals surface area (Å²) in [4.78, 5) is 14.0. The molecule has 1 amide bonds. The van der Waals surface area contributed by atoms with E-state index in [4.69, 9.17) is 18.9 Å². The molecule has 132 valence electrons. The van der Waals surface area contributed by atoms with Gasteiger partial charge in [0.2, 0.25) is 11.8 Å². The van der Waals surface area contributed by atoms with Crippen molar-refractivity contribution in [1.29, 1.82) is 0 Å². The number of aromatic nitrogens is 2. The van der Waals surface area contributed by atoms with Gasteiger partial charge >= 0.3 is 6.09 Å². The van der Waals surface area contributed by atoms with Gasteiger partial charge in [0.15, 0.2) is 0 Å². The average molecular weight is 337 g/mol. The smallest absolute Gasteiger partial charge is 0.410 e. The molecule has 2 saturated heterocycles. The molecule has 1 aromatic heterocycles. The topological polar surface area (TPSA) is 83.0 Å². The van der Waals surface area contributed by atoms with Crippen LogP contribution in [0.5, 0.6) is 11.8 Å². The first kappa shape index (κ1) is 16.8. The van der Waals surface area contributed by atoms with Crippen molar-refractivity contribution in [3.8, 4) is 11.8 Å². The first-order chi connectivity index (χ1) is 11.7. The van der Waals surface area contributed by atoms with E-state index in [0.717, 1.165) is 25.7 Å². The van der Waals surface area contributed by atoms with Crippen molar-refractivity contribution in [3.05, 3.63) is 12.1 Å². The summed E-state index contributed by atoms with van der Waals surface area (Å²) < 4.78 is 21.6. The minimum absolute atomic E-state index is 0.0417. The predicted molar refractivity (Wildman–Crippen MR) is 84.1 cm³/mol. The Balaban J connectivity index is 1.50. The summed E-state index contributed by atoms with van der Waals surface area (Å²) in [6, 6.07) is 3.41. The molecule has 3 heterocycles. The maximum absolute atomic E-state index is 12.3. The van der Waals surface area contributed by atoms with E-state index in [9.17, 15) is 4.79 Å². The maximum atomic E-state index is 12.3. The summed E-state index contributed by atoms with van der Waals surface area (Å²) in [5, 5.41) is 7.84. The van der Waals surface area contributed by atoms with Gasteiger partial charge in [-0.05, 0) is 12.8 Å². The number of piperidine rings is 1. The number of rotatable bonds is 4. The Labute approximate surface area is 141 Å². The summed E-state index contributed by atoms with van der Waals surface area (Å²) in [6.07, 6.45) is 2.85. The summed E-state index contributed by atoms with van der Waals surface area (Å²) in [7, 11) is 1.54. The van der Waals surface area contributed by atoms with Gasteiger partial charge in [0, 0.05) is 31.5 Å². The SMILES string of the molecule is COc1ccc(OC2CCCN(C(=O)OC3CCOCC3)C2)nn1. The van der Waals surface area contributed by atoms with E-state index in [2.05, 4.69) is 10.2 Å². The van der Waals surface area contributed by atoms with Gasteiger partial charge in [-0.25, -0.2) is 4.79 Å². The zero-order chi connectivity index (χ0) is 16.8. The van der Waals surface area contributed by atoms with Gasteiger partial charge in [-0.3, -0.25) is 0 Å². The fraction of sp³-hybridized carbons (Fsp3) is 0.688. The summed E-state index contributed by atoms with van der Waals surface area (Å²) >= 11 is 0. The van der Waals surface area contributed by atoms with Gasteiger partial charge in [0.05, 0.1) is 26.9 Å². The second-order valence-electron chi connectivity index (χ2n) is 5.94. The molecule has 0 saturated carbocycles. The van der Waals surface area contributed by atoms with Crippen LogP contribution in [0, 0.1) is 0 Å². The molecule has 0 radical (unpaired) electrons. The van der Waals surface area contributed by atoms with Crippen molar-refractivity contribution in [3.63, 3.8) is 0 Å². The minimum atomic E-state index is -0.268. The number of methoxy groups -OCH3 is 1. The Kier molecular flexibility index (Phi) is 5.68. The molecule has 1 atom stereocenters. The molecule has 2 fully saturated rings. The van der Waals surface area contributed by atoms with E-state index in [1.54, 1.807) is 17.0 Å². The fourth-order valence-electron chi connectivity index (χ4n) is 2.86. The summed E-state index contributed by atoms with van der Waals surface area (Å²) in [5.41, 5.74) is 0. The van der Waals surface area contributed by atoms with Crippen LogP contribution in [0.4, 0.5) is 4.79 Å². The van der Waals surface area contributed by atoms with Crippen molar-refractivity contribution in [1.82, 2.24) is 15.1 Å². The molecule has 0 N–H and O–H groups in total. The molecule has 0 aromatic carbocycles. The highest BCUT2D eigenvalue weighted by atomic mass is 16.6. The van der Waals surface area contributed by atoms with Crippen molar-refractivity contribution in [2.45, 2.75) is 37.9 Å². The molecule has 0 spiro atoms. The van der Waals surface area contributed by atoms with Gasteiger partial charge in [0.1, 0.15) is 12.2 Å². The van der Waals surface area contributed by atoms with Gasteiger partial charge in [-0.2, -0.15) is 0 Å². The van der Waals surface area contributed by atoms with Gasteiger partial charge < -0.3 is 23.8 Å². The van der Waals surface area contributed by atoms with Crippen LogP contribution in [-0.2, 0) is 9.47 Å². The molecule has 8 nitrogen and oxygen atoms in total. The molecular weight excluding hydrogens is 314 g/mol. The van der Waals surface area contributed by atoms with Crippen LogP contribution in [0.1, 0.15) is 25.7 Å². The fourth-order valence-corrected chi connectivity index (χ4v) is 2.86. The van der Waals surface area contributed by atoms with Gasteiger partial charge in [-0.15, -0.1) is 10.2 Å². The van der Waals surface area contributed by atoms with Crippen LogP contribution >= 0.6 is 0 Å². The van der Waals surface area contributed by atoms with E-state index >= 15 is 0 Å². The first-order valence-corrected chi connectivity index (χ1v) is 8.32. The minimum Gasteiger partial charge on any atom is -0.480 e. The average Bonchev–Trinajstić information content (AvgIpc) is 2.63. The third-order valence-electron chi connectivity index (χ3n) is 4.18. The standard InChI is InChI=1S/C16H23N3O5/c1-21-14-4-5-15(18-17-14)23-13-3-2-8-19(11-13)16(20)24-12-6-9-22-10-7-12/h4-5,12-13H,2-3,6-11H2,1H3. The largest absolute Gasteiger partial charge is 0.480 e. The molecule has 1 aromatic rings. The van der Waals surface area contributed by atoms with Crippen LogP contribution in [0.25, 0.3) is 0 Å². The first-order valence-electron chi connectivity index (χ1n) is 8.32. The number of hydrogen-bond acceptors (Lipinski definition) is 7. The normalized spacial score (nSPS) is 22.0. The van der Waals surface area contributed by atoms with Crippen LogP contribution in [-0.4, -0.2) is 66.8 Å². The molecule has 2 aliphatic heterocycles. The second-order valence-corrected chi connectivity index (χ2v) is 5.94. The van der Waals surface area contributed by atoms with Crippen LogP contribution in [0.15, 0.2) is 12.1 Å². The van der Waals surface area contributed by atoms with Gasteiger partial charge in [0.25, 0.3) is 0 Å². The van der Waals surface area contributed by atoms with Crippen molar-refractivity contribution >= 4 is 6.09 Å². The number of ether oxygens (including phenoxy) is 4. The Morgan fingerprint density at radius 1 is 1.17 bits per heavy atom. The Morgan fingerprint density at radius 2 is 1.92 bits per heavy atom. The Morgan fingerprint density at radius 3 is 2.62 bits per heavy atom. The third-order valence-corrected chi connectivity index (χ3v) is 4.18. The molecule has 8 heteroatoms. The lowest BCUT2D eigenvalue weighted by Crippen LogP contribution is -2.46. The van der Waals surface area contributed by atoms with E-state index < -0.39 is 0 Å². The van der Waals surface area contributed by atoms with Crippen molar-refractivity contribution in [2.75, 3.05) is 33.4 Å². The molecule has 0 bridgehead atoms. The third kappa shape index (κ3) is 4.47. The zero-order valence-corrected chi connectivity index (χ0v) is 13.8. The molecule has 0 aliphatic carbocycles. The lowest BCUT2D eigenvalue weighted by molar-refractivity contribution is -0.0175. The molecule has 1 unspecified atom stereocenters. The van der Waals surface area contributed by atoms with Crippen molar-refractivity contribution in [2.24, 2.45) is 0 Å². The number of nitrogens with zero attached hydrogens (tertiary/aromatic N) is 3. The zero-order valence-electron chi connectivity index (χ0n) is 13.8. The Bertz CT molecular complexity index is 533. The van der Waals surface area contributed by atoms with Crippen molar-refractivity contribution < 1.29 is 23.7 Å². The number of amides is 1. The van der Waals surface area contributed by atoms with Gasteiger partial charge in [-0.1, -0.05) is 0 Å². The highest BCUT2D eigenvalue weighted by molar-refractivity contribution is 5.68. The second kappa shape index (κ2) is 8.14. The van der Waals surface area contributed by atoms with Crippen LogP contribution in [0.3, 0.4) is 0 Å². The maximum Gasteiger partial charge on any atom is 0.410 e. The summed E-state index contributed by atoms with van der Waals surface area (Å²) in [5.74, 6) is 0.869. The van der Waals surface area contributed by atoms with E-state index in [0.29, 0.717) is 38.1 Å². The molecule has 3 rings (SSSR count). The highest BCUT2D eigenvalue weighted by Crippen LogP contribution is 2.19. The molecule has 2 aliphatic rings. The predicted octanol–water partition coefficient (Wildman–Crippen LogP) is 1.64. The monoisotopic (exact) mass is 337 g/mol. The number of carbonyl (C=O) groups is 1. The quantitative estimate of drug-likeness (QED) is 0.826. The van der Waals surface area contributed by atoms with Crippen LogP contribution in [0.2, 0.25) is 0 Å². The van der Waals surface area contributed by atoms with E-state index in [-0.39, 0.29) is 18.3 Å². The lowest BCUT2D eigenvalue weighted by atomic mass is 10.1. The van der Waals surface area contributed by atoms with Crippen LogP contribution < -0.4 is 9.47 Å². The molecular formula is C16H23N3O5. The number of carbonyl (C=O) groups excluding carboxylic acids is 1. The van der Waals surface area contributed by atoms with E-state index in [1.165, 1.54) is 7.11 Å². The number of likely N-dealkylation sites (tertiary alicyclic amines) is 1.